The van der Waals surface area contributed by atoms with Crippen LogP contribution in [-0.4, -0.2) is 8.80 Å². The van der Waals surface area contributed by atoms with Gasteiger partial charge >= 0.3 is 0 Å². The van der Waals surface area contributed by atoms with Crippen molar-refractivity contribution in [1.82, 2.24) is 8.80 Å². The minimum Gasteiger partial charge on any atom is -0.309 e. The van der Waals surface area contributed by atoms with Crippen molar-refractivity contribution in [1.29, 1.82) is 0 Å². The van der Waals surface area contributed by atoms with Crippen LogP contribution in [0.1, 0.15) is 0 Å². The van der Waals surface area contributed by atoms with E-state index < -0.39 is 0 Å². The Morgan fingerprint density at radius 2 is 0.549 bits per heavy atom. The molecule has 82 heavy (non-hydrogen) atoms. The van der Waals surface area contributed by atoms with Crippen LogP contribution in [-0.2, 0) is 0 Å². The first-order chi connectivity index (χ1) is 40.7. The minimum absolute atomic E-state index is 1.10. The Balaban J connectivity index is 0.904. The molecule has 382 valence electrons. The number of nitrogens with zero attached hydrogens (tertiary/aromatic N) is 4. The molecule has 0 radical (unpaired) electrons. The molecule has 0 atom stereocenters. The van der Waals surface area contributed by atoms with Gasteiger partial charge in [-0.15, -0.1) is 0 Å². The molecule has 4 heterocycles. The highest BCUT2D eigenvalue weighted by Crippen LogP contribution is 2.52. The van der Waals surface area contributed by atoms with E-state index in [1.165, 1.54) is 121 Å². The van der Waals surface area contributed by atoms with Gasteiger partial charge in [0.15, 0.2) is 0 Å². The molecule has 0 fully saturated rings. The molecule has 4 nitrogen and oxygen atoms in total. The summed E-state index contributed by atoms with van der Waals surface area (Å²) >= 11 is 0. The maximum Gasteiger partial charge on any atom is 0.0621 e. The topological polar surface area (TPSA) is 15.3 Å². The number of para-hydroxylation sites is 4. The van der Waals surface area contributed by atoms with Crippen molar-refractivity contribution in [2.45, 2.75) is 0 Å². The molecule has 4 heteroatoms. The number of aromatic nitrogens is 2. The highest BCUT2D eigenvalue weighted by atomic mass is 15.2. The second-order valence-corrected chi connectivity index (χ2v) is 21.6. The van der Waals surface area contributed by atoms with Crippen LogP contribution < -0.4 is 9.80 Å². The van der Waals surface area contributed by atoms with Crippen molar-refractivity contribution in [2.75, 3.05) is 9.80 Å². The Bertz CT molecular complexity index is 4910. The van der Waals surface area contributed by atoms with Gasteiger partial charge in [-0.25, -0.2) is 0 Å². The fraction of sp³-hybridized carbons (Fsp3) is 0. The molecule has 0 saturated heterocycles. The average Bonchev–Trinajstić information content (AvgIpc) is 2.25. The summed E-state index contributed by atoms with van der Waals surface area (Å²) in [5, 5.41) is 9.86. The summed E-state index contributed by atoms with van der Waals surface area (Å²) in [5.41, 5.74) is 23.3. The van der Waals surface area contributed by atoms with Crippen molar-refractivity contribution in [3.05, 3.63) is 303 Å². The van der Waals surface area contributed by atoms with Gasteiger partial charge in [0.05, 0.1) is 55.8 Å². The maximum atomic E-state index is 2.55. The lowest BCUT2D eigenvalue weighted by Gasteiger charge is -2.29. The standard InChI is InChI=1S/C78H50N4/c1-7-23-51(24-8-1)55-43-45-59(53-27-11-3-12-28-53)71(47-55)79(57-31-15-5-16-32-57)67-39-21-41-69-75(67)63-37-19-35-61-65-50-74-66(49-73(65)81(69)77(61)63)62-36-20-38-64-76-68(40-22-42-70(76)82(74)78(62)64)80(58-33-17-6-18-34-58)72-48-56(52-25-9-2-10-26-52)44-46-60(72)54-29-13-4-14-30-54/h1-50H. The number of rotatable bonds is 10. The Kier molecular flexibility index (Phi) is 10.3. The summed E-state index contributed by atoms with van der Waals surface area (Å²) in [5.74, 6) is 0. The largest absolute Gasteiger partial charge is 0.309 e. The van der Waals surface area contributed by atoms with Gasteiger partial charge in [0.25, 0.3) is 0 Å². The zero-order valence-electron chi connectivity index (χ0n) is 44.7. The van der Waals surface area contributed by atoms with E-state index in [1.807, 2.05) is 0 Å². The highest BCUT2D eigenvalue weighted by molar-refractivity contribution is 6.31. The average molecular weight is 1040 g/mol. The Morgan fingerprint density at radius 1 is 0.207 bits per heavy atom. The van der Waals surface area contributed by atoms with E-state index in [9.17, 15) is 0 Å². The van der Waals surface area contributed by atoms with Gasteiger partial charge < -0.3 is 18.6 Å². The summed E-state index contributed by atoms with van der Waals surface area (Å²) in [6.07, 6.45) is 0. The lowest BCUT2D eigenvalue weighted by molar-refractivity contribution is 1.29. The summed E-state index contributed by atoms with van der Waals surface area (Å²) < 4.78 is 5.10. The summed E-state index contributed by atoms with van der Waals surface area (Å²) in [6, 6.07) is 111. The van der Waals surface area contributed by atoms with Crippen molar-refractivity contribution < 1.29 is 0 Å². The predicted octanol–water partition coefficient (Wildman–Crippen LogP) is 21.6. The van der Waals surface area contributed by atoms with E-state index in [1.54, 1.807) is 0 Å². The molecule has 4 aromatic heterocycles. The molecular weight excluding hydrogens is 993 g/mol. The van der Waals surface area contributed by atoms with E-state index in [0.29, 0.717) is 0 Å². The first-order valence-electron chi connectivity index (χ1n) is 28.3. The zero-order valence-corrected chi connectivity index (χ0v) is 44.7. The van der Waals surface area contributed by atoms with Gasteiger partial charge in [-0.05, 0) is 106 Å². The third-order valence-corrected chi connectivity index (χ3v) is 17.1. The molecular formula is C78H50N4. The van der Waals surface area contributed by atoms with Crippen LogP contribution in [0.5, 0.6) is 0 Å². The number of anilines is 6. The van der Waals surface area contributed by atoms with Gasteiger partial charge in [0, 0.05) is 65.6 Å². The van der Waals surface area contributed by atoms with Gasteiger partial charge in [0.1, 0.15) is 0 Å². The third-order valence-electron chi connectivity index (χ3n) is 17.1. The molecule has 0 spiro atoms. The van der Waals surface area contributed by atoms with Crippen molar-refractivity contribution >= 4 is 110 Å². The van der Waals surface area contributed by atoms with E-state index in [-0.39, 0.29) is 0 Å². The van der Waals surface area contributed by atoms with Crippen LogP contribution in [0.2, 0.25) is 0 Å². The Labute approximate surface area is 474 Å². The monoisotopic (exact) mass is 1040 g/mol. The van der Waals surface area contributed by atoms with Crippen molar-refractivity contribution in [3.8, 4) is 44.5 Å². The maximum absolute atomic E-state index is 2.55. The quantitative estimate of drug-likeness (QED) is 0.136. The number of benzene rings is 13. The fourth-order valence-electron chi connectivity index (χ4n) is 13.6. The molecule has 0 saturated carbocycles. The lowest BCUT2D eigenvalue weighted by atomic mass is 9.96. The smallest absolute Gasteiger partial charge is 0.0621 e. The molecule has 0 aliphatic carbocycles. The Hall–Kier alpha value is -10.9. The van der Waals surface area contributed by atoms with Crippen LogP contribution >= 0.6 is 0 Å². The van der Waals surface area contributed by atoms with Crippen LogP contribution in [0, 0.1) is 0 Å². The van der Waals surface area contributed by atoms with Crippen LogP contribution in [0.25, 0.3) is 121 Å². The van der Waals surface area contributed by atoms with Crippen molar-refractivity contribution in [3.63, 3.8) is 0 Å². The molecule has 0 unspecified atom stereocenters. The van der Waals surface area contributed by atoms with Gasteiger partial charge in [-0.1, -0.05) is 231 Å². The van der Waals surface area contributed by atoms with E-state index >= 15 is 0 Å². The molecule has 13 aromatic carbocycles. The third kappa shape index (κ3) is 6.92. The van der Waals surface area contributed by atoms with Crippen LogP contribution in [0.4, 0.5) is 34.1 Å². The van der Waals surface area contributed by atoms with Gasteiger partial charge in [0.2, 0.25) is 0 Å². The molecule has 0 aliphatic rings. The molecule has 0 N–H and O–H groups in total. The molecule has 0 amide bonds. The molecule has 0 bridgehead atoms. The summed E-state index contributed by atoms with van der Waals surface area (Å²) in [4.78, 5) is 4.99. The number of hydrogen-bond donors (Lipinski definition) is 0. The zero-order chi connectivity index (χ0) is 53.8. The normalized spacial score (nSPS) is 11.9. The van der Waals surface area contributed by atoms with Crippen LogP contribution in [0.3, 0.4) is 0 Å². The molecule has 17 aromatic rings. The number of hydrogen-bond acceptors (Lipinski definition) is 2. The second kappa shape index (κ2) is 18.3. The predicted molar refractivity (Wildman–Crippen MR) is 347 cm³/mol. The van der Waals surface area contributed by atoms with Crippen LogP contribution in [0.15, 0.2) is 303 Å². The van der Waals surface area contributed by atoms with E-state index in [4.69, 9.17) is 0 Å². The fourth-order valence-corrected chi connectivity index (χ4v) is 13.6. The van der Waals surface area contributed by atoms with Crippen molar-refractivity contribution in [2.24, 2.45) is 0 Å². The summed E-state index contributed by atoms with van der Waals surface area (Å²) in [7, 11) is 0. The van der Waals surface area contributed by atoms with E-state index in [2.05, 4.69) is 322 Å². The highest BCUT2D eigenvalue weighted by Gasteiger charge is 2.29. The Morgan fingerprint density at radius 3 is 0.939 bits per heavy atom. The molecule has 0 aliphatic heterocycles. The van der Waals surface area contributed by atoms with E-state index in [0.717, 1.165) is 34.1 Å². The summed E-state index contributed by atoms with van der Waals surface area (Å²) in [6.45, 7) is 0. The minimum atomic E-state index is 1.10. The first-order valence-corrected chi connectivity index (χ1v) is 28.3. The second-order valence-electron chi connectivity index (χ2n) is 21.6. The lowest BCUT2D eigenvalue weighted by Crippen LogP contribution is -2.12. The first kappa shape index (κ1) is 46.0. The van der Waals surface area contributed by atoms with Gasteiger partial charge in [-0.2, -0.15) is 0 Å². The molecule has 17 rings (SSSR count). The number of fused-ring (bicyclic) bond motifs is 12. The van der Waals surface area contributed by atoms with Gasteiger partial charge in [-0.3, -0.25) is 0 Å². The SMILES string of the molecule is c1ccc(-c2ccc(-c3ccccc3)c(N(c3ccccc3)c3cccc4c3c3cccc5c6cc7c(cc6n4c53)c3cccc4c5c(N(c6ccccc6)c6cc(-c8ccccc8)ccc6-c6ccccc6)cccc5n7c34)c2)cc1.